The molecule has 0 aliphatic rings. The summed E-state index contributed by atoms with van der Waals surface area (Å²) in [7, 11) is 1.61. The fourth-order valence-electron chi connectivity index (χ4n) is 2.27. The van der Waals surface area contributed by atoms with Gasteiger partial charge < -0.3 is 14.3 Å². The van der Waals surface area contributed by atoms with Crippen molar-refractivity contribution in [2.24, 2.45) is 0 Å². The van der Waals surface area contributed by atoms with Gasteiger partial charge in [-0.3, -0.25) is 4.68 Å². The van der Waals surface area contributed by atoms with E-state index in [4.69, 9.17) is 20.8 Å². The molecule has 5 nitrogen and oxygen atoms in total. The van der Waals surface area contributed by atoms with Gasteiger partial charge in [-0.25, -0.2) is 0 Å². The molecular formula is C15H15ClN2O3. The van der Waals surface area contributed by atoms with Crippen molar-refractivity contribution < 1.29 is 14.3 Å². The summed E-state index contributed by atoms with van der Waals surface area (Å²) in [6.07, 6.45) is 0.544. The largest absolute Gasteiger partial charge is 0.458 e. The van der Waals surface area contributed by atoms with E-state index in [1.54, 1.807) is 11.8 Å². The fraction of sp³-hybridized carbons (Fsp3) is 0.267. The molecule has 1 N–H and O–H groups in total. The summed E-state index contributed by atoms with van der Waals surface area (Å²) < 4.78 is 12.4. The zero-order valence-corrected chi connectivity index (χ0v) is 12.2. The third kappa shape index (κ3) is 2.68. The highest BCUT2D eigenvalue weighted by atomic mass is 35.5. The van der Waals surface area contributed by atoms with E-state index >= 15 is 0 Å². The molecule has 0 bridgehead atoms. The number of benzene rings is 1. The Morgan fingerprint density at radius 3 is 3.00 bits per heavy atom. The topological polar surface area (TPSA) is 60.4 Å². The molecule has 0 radical (unpaired) electrons. The zero-order valence-electron chi connectivity index (χ0n) is 11.5. The second kappa shape index (κ2) is 5.89. The average molecular weight is 307 g/mol. The number of halogens is 1. The number of ether oxygens (including phenoxy) is 1. The van der Waals surface area contributed by atoms with Crippen LogP contribution in [-0.2, 0) is 11.3 Å². The average Bonchev–Trinajstić information content (AvgIpc) is 3.08. The highest BCUT2D eigenvalue weighted by molar-refractivity contribution is 6.31. The summed E-state index contributed by atoms with van der Waals surface area (Å²) in [5.41, 5.74) is 1.23. The van der Waals surface area contributed by atoms with Gasteiger partial charge in [0, 0.05) is 12.5 Å². The van der Waals surface area contributed by atoms with Gasteiger partial charge in [-0.05, 0) is 12.1 Å². The molecule has 0 aliphatic carbocycles. The molecule has 3 aromatic rings. The van der Waals surface area contributed by atoms with Crippen LogP contribution in [0.1, 0.15) is 17.6 Å². The van der Waals surface area contributed by atoms with Gasteiger partial charge in [0.05, 0.1) is 30.1 Å². The molecule has 0 fully saturated rings. The second-order valence-electron chi connectivity index (χ2n) is 4.68. The molecule has 2 heterocycles. The first-order valence-electron chi connectivity index (χ1n) is 6.57. The lowest BCUT2D eigenvalue weighted by Gasteiger charge is -2.11. The van der Waals surface area contributed by atoms with Crippen LogP contribution in [0.5, 0.6) is 0 Å². The van der Waals surface area contributed by atoms with E-state index in [1.165, 1.54) is 6.20 Å². The third-order valence-corrected chi connectivity index (χ3v) is 3.60. The fourth-order valence-corrected chi connectivity index (χ4v) is 2.52. The molecule has 0 saturated carbocycles. The molecule has 0 amide bonds. The quantitative estimate of drug-likeness (QED) is 0.787. The number of furan rings is 1. The highest BCUT2D eigenvalue weighted by Crippen LogP contribution is 2.31. The van der Waals surface area contributed by atoms with Crippen molar-refractivity contribution in [1.82, 2.24) is 9.78 Å². The first-order chi connectivity index (χ1) is 10.2. The minimum absolute atomic E-state index is 0.402. The molecule has 0 saturated heterocycles. The molecule has 1 atom stereocenters. The van der Waals surface area contributed by atoms with Crippen LogP contribution >= 0.6 is 11.6 Å². The predicted octanol–water partition coefficient (Wildman–Crippen LogP) is 3.01. The summed E-state index contributed by atoms with van der Waals surface area (Å²) in [5.74, 6) is 0.442. The summed E-state index contributed by atoms with van der Waals surface area (Å²) in [6, 6.07) is 9.40. The van der Waals surface area contributed by atoms with Crippen LogP contribution in [-0.4, -0.2) is 28.6 Å². The second-order valence-corrected chi connectivity index (χ2v) is 5.09. The molecule has 1 unspecified atom stereocenters. The normalized spacial score (nSPS) is 12.9. The molecule has 6 heteroatoms. The van der Waals surface area contributed by atoms with Crippen molar-refractivity contribution in [2.75, 3.05) is 13.7 Å². The Labute approximate surface area is 126 Å². The van der Waals surface area contributed by atoms with E-state index in [1.807, 2.05) is 30.3 Å². The predicted molar refractivity (Wildman–Crippen MR) is 79.4 cm³/mol. The molecule has 3 rings (SSSR count). The number of fused-ring (bicyclic) bond motifs is 1. The maximum atomic E-state index is 10.6. The van der Waals surface area contributed by atoms with E-state index in [9.17, 15) is 5.11 Å². The Morgan fingerprint density at radius 2 is 2.24 bits per heavy atom. The molecule has 0 spiro atoms. The van der Waals surface area contributed by atoms with Crippen LogP contribution in [0.4, 0.5) is 0 Å². The van der Waals surface area contributed by atoms with Gasteiger partial charge in [0.25, 0.3) is 0 Å². The van der Waals surface area contributed by atoms with Gasteiger partial charge >= 0.3 is 0 Å². The highest BCUT2D eigenvalue weighted by Gasteiger charge is 2.23. The molecular weight excluding hydrogens is 292 g/mol. The lowest BCUT2D eigenvalue weighted by Crippen LogP contribution is -2.13. The number of para-hydroxylation sites is 1. The first-order valence-corrected chi connectivity index (χ1v) is 6.95. The number of methoxy groups -OCH3 is 1. The Kier molecular flexibility index (Phi) is 3.96. The number of aliphatic hydroxyl groups excluding tert-OH is 1. The summed E-state index contributed by atoms with van der Waals surface area (Å²) in [4.78, 5) is 0. The van der Waals surface area contributed by atoms with Crippen molar-refractivity contribution in [2.45, 2.75) is 12.6 Å². The van der Waals surface area contributed by atoms with Gasteiger partial charge in [0.15, 0.2) is 6.10 Å². The molecule has 0 aliphatic heterocycles. The molecule has 21 heavy (non-hydrogen) atoms. The van der Waals surface area contributed by atoms with Crippen LogP contribution in [0.3, 0.4) is 0 Å². The van der Waals surface area contributed by atoms with Crippen molar-refractivity contribution in [3.63, 3.8) is 0 Å². The number of rotatable bonds is 5. The monoisotopic (exact) mass is 306 g/mol. The van der Waals surface area contributed by atoms with E-state index in [0.29, 0.717) is 29.6 Å². The number of aromatic nitrogens is 2. The first kappa shape index (κ1) is 14.1. The number of nitrogens with zero attached hydrogens (tertiary/aromatic N) is 2. The number of hydrogen-bond donors (Lipinski definition) is 1. The Morgan fingerprint density at radius 1 is 1.43 bits per heavy atom. The number of aliphatic hydroxyl groups is 1. The van der Waals surface area contributed by atoms with Crippen LogP contribution < -0.4 is 0 Å². The summed E-state index contributed by atoms with van der Waals surface area (Å²) >= 11 is 6.14. The minimum atomic E-state index is -0.968. The number of hydrogen-bond acceptors (Lipinski definition) is 4. The molecule has 110 valence electrons. The Hall–Kier alpha value is -1.82. The lowest BCUT2D eigenvalue weighted by atomic mass is 10.2. The Balaban J connectivity index is 1.97. The SMILES string of the molecule is COCCn1ncc(Cl)c1C(O)c1cc2ccccc2o1. The minimum Gasteiger partial charge on any atom is -0.458 e. The van der Waals surface area contributed by atoms with E-state index in [-0.39, 0.29) is 0 Å². The van der Waals surface area contributed by atoms with E-state index in [0.717, 1.165) is 11.0 Å². The maximum Gasteiger partial charge on any atom is 0.155 e. The summed E-state index contributed by atoms with van der Waals surface area (Å²) in [6.45, 7) is 0.994. The molecule has 1 aromatic carbocycles. The van der Waals surface area contributed by atoms with E-state index in [2.05, 4.69) is 5.10 Å². The van der Waals surface area contributed by atoms with E-state index < -0.39 is 6.10 Å². The van der Waals surface area contributed by atoms with Crippen LogP contribution in [0.2, 0.25) is 5.02 Å². The standard InChI is InChI=1S/C15H15ClN2O3/c1-20-7-6-18-14(11(16)9-17-18)15(19)13-8-10-4-2-3-5-12(10)21-13/h2-5,8-9,15,19H,6-7H2,1H3. The van der Waals surface area contributed by atoms with Crippen molar-refractivity contribution >= 4 is 22.6 Å². The van der Waals surface area contributed by atoms with Gasteiger partial charge in [-0.2, -0.15) is 5.10 Å². The van der Waals surface area contributed by atoms with Gasteiger partial charge in [-0.15, -0.1) is 0 Å². The van der Waals surface area contributed by atoms with Crippen molar-refractivity contribution in [3.05, 3.63) is 53.0 Å². The smallest absolute Gasteiger partial charge is 0.155 e. The van der Waals surface area contributed by atoms with Gasteiger partial charge in [0.1, 0.15) is 11.3 Å². The van der Waals surface area contributed by atoms with Crippen LogP contribution in [0, 0.1) is 0 Å². The third-order valence-electron chi connectivity index (χ3n) is 3.31. The van der Waals surface area contributed by atoms with Gasteiger partial charge in [0.2, 0.25) is 0 Å². The Bertz CT molecular complexity index is 717. The van der Waals surface area contributed by atoms with Crippen LogP contribution in [0.15, 0.2) is 40.9 Å². The van der Waals surface area contributed by atoms with Crippen molar-refractivity contribution in [1.29, 1.82) is 0 Å². The maximum absolute atomic E-state index is 10.6. The van der Waals surface area contributed by atoms with Crippen LogP contribution in [0.25, 0.3) is 11.0 Å². The summed E-state index contributed by atoms with van der Waals surface area (Å²) in [5, 5.41) is 16.1. The zero-order chi connectivity index (χ0) is 14.8. The lowest BCUT2D eigenvalue weighted by molar-refractivity contribution is 0.162. The van der Waals surface area contributed by atoms with Gasteiger partial charge in [-0.1, -0.05) is 29.8 Å². The molecule has 2 aromatic heterocycles. The van der Waals surface area contributed by atoms with Crippen molar-refractivity contribution in [3.8, 4) is 0 Å².